The molecule has 25 heavy (non-hydrogen) atoms. The predicted octanol–water partition coefficient (Wildman–Crippen LogP) is 1.75. The maximum atomic E-state index is 11.9. The zero-order valence-electron chi connectivity index (χ0n) is 13.0. The predicted molar refractivity (Wildman–Crippen MR) is 86.9 cm³/mol. The molecule has 3 aromatic heterocycles. The summed E-state index contributed by atoms with van der Waals surface area (Å²) in [5.74, 6) is -0.566. The number of amides is 1. The second-order valence-corrected chi connectivity index (χ2v) is 4.94. The zero-order chi connectivity index (χ0) is 17.8. The number of nitro groups is 1. The maximum Gasteiger partial charge on any atom is 0.433 e. The fraction of sp³-hybridized carbons (Fsp3) is 0.0667. The Morgan fingerprint density at radius 1 is 1.44 bits per heavy atom. The quantitative estimate of drug-likeness (QED) is 0.428. The zero-order valence-corrected chi connectivity index (χ0v) is 13.0. The lowest BCUT2D eigenvalue weighted by molar-refractivity contribution is -0.401. The van der Waals surface area contributed by atoms with Crippen LogP contribution in [0.2, 0.25) is 0 Å². The molecule has 0 unspecified atom stereocenters. The van der Waals surface area contributed by atoms with E-state index in [1.165, 1.54) is 29.2 Å². The van der Waals surface area contributed by atoms with Gasteiger partial charge in [-0.05, 0) is 18.2 Å². The Bertz CT molecular complexity index is 944. The van der Waals surface area contributed by atoms with Crippen molar-refractivity contribution in [3.05, 3.63) is 64.1 Å². The highest BCUT2D eigenvalue weighted by atomic mass is 16.6. The first-order valence-electron chi connectivity index (χ1n) is 7.06. The molecule has 0 saturated heterocycles. The number of furan rings is 1. The molecule has 10 heteroatoms. The van der Waals surface area contributed by atoms with Crippen LogP contribution < -0.4 is 5.43 Å². The third kappa shape index (κ3) is 3.58. The van der Waals surface area contributed by atoms with Gasteiger partial charge in [0.15, 0.2) is 5.76 Å². The molecule has 1 amide bonds. The summed E-state index contributed by atoms with van der Waals surface area (Å²) < 4.78 is 6.66. The van der Waals surface area contributed by atoms with Gasteiger partial charge in [-0.3, -0.25) is 24.6 Å². The first-order chi connectivity index (χ1) is 12.0. The van der Waals surface area contributed by atoms with Crippen LogP contribution >= 0.6 is 0 Å². The number of carbonyl (C=O) groups excluding carboxylic acids is 1. The second-order valence-electron chi connectivity index (χ2n) is 4.94. The van der Waals surface area contributed by atoms with Crippen molar-refractivity contribution in [3.8, 4) is 11.5 Å². The van der Waals surface area contributed by atoms with Crippen LogP contribution in [0.4, 0.5) is 5.88 Å². The van der Waals surface area contributed by atoms with E-state index >= 15 is 0 Å². The van der Waals surface area contributed by atoms with Gasteiger partial charge < -0.3 is 4.42 Å². The Kier molecular flexibility index (Phi) is 4.33. The number of hydrogen-bond acceptors (Lipinski definition) is 7. The minimum absolute atomic E-state index is 0.229. The van der Waals surface area contributed by atoms with Gasteiger partial charge in [0.1, 0.15) is 10.6 Å². The largest absolute Gasteiger partial charge is 0.433 e. The summed E-state index contributed by atoms with van der Waals surface area (Å²) in [5.41, 5.74) is 3.64. The van der Waals surface area contributed by atoms with Crippen molar-refractivity contribution in [1.29, 1.82) is 0 Å². The van der Waals surface area contributed by atoms with Gasteiger partial charge in [0.25, 0.3) is 5.91 Å². The summed E-state index contributed by atoms with van der Waals surface area (Å²) in [4.78, 5) is 25.8. The maximum absolute atomic E-state index is 11.9. The standard InChI is InChI=1S/C15H12N6O4/c1-20-9-11(8-17-18-15(22)10-3-2-6-16-7-10)14(19-20)12-4-5-13(25-12)21(23)24/h2-9H,1H3,(H,18,22)/b17-8+. The molecule has 3 rings (SSSR count). The fourth-order valence-corrected chi connectivity index (χ4v) is 2.07. The topological polar surface area (TPSA) is 128 Å². The molecule has 10 nitrogen and oxygen atoms in total. The van der Waals surface area contributed by atoms with Gasteiger partial charge in [-0.15, -0.1) is 0 Å². The molecule has 0 aliphatic carbocycles. The second kappa shape index (κ2) is 6.74. The van der Waals surface area contributed by atoms with Gasteiger partial charge in [0.05, 0.1) is 17.8 Å². The van der Waals surface area contributed by atoms with Gasteiger partial charge in [-0.1, -0.05) is 0 Å². The van der Waals surface area contributed by atoms with Gasteiger partial charge in [0.2, 0.25) is 0 Å². The van der Waals surface area contributed by atoms with E-state index in [1.807, 2.05) is 0 Å². The molecule has 1 N–H and O–H groups in total. The van der Waals surface area contributed by atoms with Gasteiger partial charge in [-0.25, -0.2) is 5.43 Å². The number of aromatic nitrogens is 3. The summed E-state index contributed by atoms with van der Waals surface area (Å²) in [7, 11) is 1.69. The molecule has 3 aromatic rings. The number of hydrazone groups is 1. The molecule has 0 aromatic carbocycles. The third-order valence-corrected chi connectivity index (χ3v) is 3.16. The van der Waals surface area contributed by atoms with Crippen molar-refractivity contribution in [2.24, 2.45) is 12.1 Å². The van der Waals surface area contributed by atoms with Crippen LogP contribution in [-0.2, 0) is 7.05 Å². The van der Waals surface area contributed by atoms with Crippen molar-refractivity contribution in [1.82, 2.24) is 20.2 Å². The van der Waals surface area contributed by atoms with E-state index in [0.29, 0.717) is 16.8 Å². The molecular formula is C15H12N6O4. The van der Waals surface area contributed by atoms with Crippen molar-refractivity contribution in [2.75, 3.05) is 0 Å². The van der Waals surface area contributed by atoms with Crippen LogP contribution in [0.25, 0.3) is 11.5 Å². The smallest absolute Gasteiger partial charge is 0.399 e. The highest BCUT2D eigenvalue weighted by Gasteiger charge is 2.17. The number of aryl methyl sites for hydroxylation is 1. The monoisotopic (exact) mass is 340 g/mol. The van der Waals surface area contributed by atoms with Gasteiger partial charge in [0, 0.05) is 31.2 Å². The van der Waals surface area contributed by atoms with Crippen molar-refractivity contribution in [3.63, 3.8) is 0 Å². The molecule has 0 atom stereocenters. The van der Waals surface area contributed by atoms with Crippen LogP contribution in [0.15, 0.2) is 52.4 Å². The molecule has 126 valence electrons. The molecule has 0 bridgehead atoms. The van der Waals surface area contributed by atoms with E-state index in [-0.39, 0.29) is 11.6 Å². The summed E-state index contributed by atoms with van der Waals surface area (Å²) in [6, 6.07) is 5.94. The lowest BCUT2D eigenvalue weighted by Crippen LogP contribution is -2.17. The minimum atomic E-state index is -0.631. The fourth-order valence-electron chi connectivity index (χ4n) is 2.07. The highest BCUT2D eigenvalue weighted by molar-refractivity contribution is 5.95. The molecule has 0 saturated carbocycles. The first kappa shape index (κ1) is 16.1. The Hall–Kier alpha value is -3.82. The summed E-state index contributed by atoms with van der Waals surface area (Å²) in [6.45, 7) is 0. The molecule has 0 radical (unpaired) electrons. The third-order valence-electron chi connectivity index (χ3n) is 3.16. The average Bonchev–Trinajstić information content (AvgIpc) is 3.22. The molecule has 0 fully saturated rings. The van der Waals surface area contributed by atoms with E-state index in [9.17, 15) is 14.9 Å². The number of rotatable bonds is 5. The SMILES string of the molecule is Cn1cc(/C=N/NC(=O)c2cccnc2)c(-c2ccc([N+](=O)[O-])o2)n1. The van der Waals surface area contributed by atoms with E-state index in [1.54, 1.807) is 31.6 Å². The van der Waals surface area contributed by atoms with E-state index in [0.717, 1.165) is 0 Å². The highest BCUT2D eigenvalue weighted by Crippen LogP contribution is 2.26. The van der Waals surface area contributed by atoms with E-state index in [2.05, 4.69) is 20.6 Å². The lowest BCUT2D eigenvalue weighted by atomic mass is 10.2. The Morgan fingerprint density at radius 3 is 2.96 bits per heavy atom. The number of hydrogen-bond donors (Lipinski definition) is 1. The normalized spacial score (nSPS) is 10.9. The molecule has 0 aliphatic rings. The average molecular weight is 340 g/mol. The van der Waals surface area contributed by atoms with Gasteiger partial charge >= 0.3 is 5.88 Å². The van der Waals surface area contributed by atoms with Crippen molar-refractivity contribution >= 4 is 18.0 Å². The summed E-state index contributed by atoms with van der Waals surface area (Å²) >= 11 is 0. The molecular weight excluding hydrogens is 328 g/mol. The lowest BCUT2D eigenvalue weighted by Gasteiger charge is -1.98. The minimum Gasteiger partial charge on any atom is -0.399 e. The van der Waals surface area contributed by atoms with Crippen molar-refractivity contribution < 1.29 is 14.1 Å². The Morgan fingerprint density at radius 2 is 2.28 bits per heavy atom. The number of carbonyl (C=O) groups is 1. The van der Waals surface area contributed by atoms with Crippen LogP contribution in [0.3, 0.4) is 0 Å². The first-order valence-corrected chi connectivity index (χ1v) is 7.06. The van der Waals surface area contributed by atoms with Crippen LogP contribution in [-0.4, -0.2) is 31.8 Å². The number of nitrogens with one attached hydrogen (secondary N) is 1. The molecule has 0 spiro atoms. The summed E-state index contributed by atoms with van der Waals surface area (Å²) in [6.07, 6.45) is 6.00. The van der Waals surface area contributed by atoms with Gasteiger partial charge in [-0.2, -0.15) is 10.2 Å². The van der Waals surface area contributed by atoms with Crippen LogP contribution in [0, 0.1) is 10.1 Å². The van der Waals surface area contributed by atoms with Crippen LogP contribution in [0.1, 0.15) is 15.9 Å². The van der Waals surface area contributed by atoms with E-state index in [4.69, 9.17) is 4.42 Å². The molecule has 0 aliphatic heterocycles. The Balaban J connectivity index is 1.78. The van der Waals surface area contributed by atoms with Crippen molar-refractivity contribution in [2.45, 2.75) is 0 Å². The molecule has 3 heterocycles. The Labute approximate surface area is 140 Å². The summed E-state index contributed by atoms with van der Waals surface area (Å²) in [5, 5.41) is 18.8. The number of nitrogens with zero attached hydrogens (tertiary/aromatic N) is 5. The van der Waals surface area contributed by atoms with E-state index < -0.39 is 10.8 Å². The number of pyridine rings is 1. The van der Waals surface area contributed by atoms with Crippen LogP contribution in [0.5, 0.6) is 0 Å².